The van der Waals surface area contributed by atoms with E-state index in [-0.39, 0.29) is 22.7 Å². The molecule has 0 spiro atoms. The Balaban J connectivity index is 1.97. The topological polar surface area (TPSA) is 67.5 Å². The number of aromatic hydroxyl groups is 1. The molecule has 1 heterocycles. The Hall–Kier alpha value is -3.14. The molecule has 0 saturated heterocycles. The highest BCUT2D eigenvalue weighted by Gasteiger charge is 2.31. The maximum atomic E-state index is 13.0. The third-order valence-corrected chi connectivity index (χ3v) is 5.35. The van der Waals surface area contributed by atoms with Gasteiger partial charge in [-0.1, -0.05) is 67.1 Å². The molecule has 142 valence electrons. The SMILES string of the molecule is O=C1CCCCCc2oc(=O)c(C(c3ccccc3)c3ccccc3)c(O)c21. The molecule has 1 aliphatic carbocycles. The van der Waals surface area contributed by atoms with Gasteiger partial charge in [-0.3, -0.25) is 4.79 Å². The first-order chi connectivity index (χ1) is 13.7. The summed E-state index contributed by atoms with van der Waals surface area (Å²) in [5.74, 6) is -0.578. The average molecular weight is 374 g/mol. The molecule has 4 heteroatoms. The van der Waals surface area contributed by atoms with Gasteiger partial charge in [-0.25, -0.2) is 4.79 Å². The summed E-state index contributed by atoms with van der Waals surface area (Å²) in [7, 11) is 0. The van der Waals surface area contributed by atoms with Crippen LogP contribution in [0.5, 0.6) is 5.75 Å². The second-order valence-electron chi connectivity index (χ2n) is 7.19. The molecule has 1 aliphatic rings. The Morgan fingerprint density at radius 2 is 1.36 bits per heavy atom. The van der Waals surface area contributed by atoms with Crippen LogP contribution < -0.4 is 5.63 Å². The number of aryl methyl sites for hydroxylation is 1. The lowest BCUT2D eigenvalue weighted by atomic mass is 9.83. The fraction of sp³-hybridized carbons (Fsp3) is 0.250. The number of benzene rings is 2. The van der Waals surface area contributed by atoms with Gasteiger partial charge in [0.15, 0.2) is 5.78 Å². The smallest absolute Gasteiger partial charge is 0.343 e. The molecule has 0 fully saturated rings. The maximum absolute atomic E-state index is 13.0. The second-order valence-corrected chi connectivity index (χ2v) is 7.19. The number of rotatable bonds is 3. The Kier molecular flexibility index (Phi) is 5.11. The largest absolute Gasteiger partial charge is 0.506 e. The van der Waals surface area contributed by atoms with Gasteiger partial charge in [0.2, 0.25) is 0 Å². The predicted octanol–water partition coefficient (Wildman–Crippen LogP) is 4.82. The lowest BCUT2D eigenvalue weighted by Gasteiger charge is -2.21. The van der Waals surface area contributed by atoms with Crippen molar-refractivity contribution in [2.45, 2.75) is 38.0 Å². The molecular formula is C24H22O4. The van der Waals surface area contributed by atoms with E-state index in [0.717, 1.165) is 30.4 Å². The quantitative estimate of drug-likeness (QED) is 0.713. The molecular weight excluding hydrogens is 352 g/mol. The van der Waals surface area contributed by atoms with Gasteiger partial charge in [-0.05, 0) is 24.0 Å². The minimum atomic E-state index is -0.581. The van der Waals surface area contributed by atoms with Crippen molar-refractivity contribution in [1.29, 1.82) is 0 Å². The average Bonchev–Trinajstić information content (AvgIpc) is 2.70. The molecule has 28 heavy (non-hydrogen) atoms. The standard InChI is InChI=1S/C24H22O4/c25-18-14-8-3-9-15-19-21(18)23(26)22(24(27)28-19)20(16-10-4-1-5-11-16)17-12-6-2-7-13-17/h1-2,4-7,10-13,20,26H,3,8-9,14-15H2. The monoisotopic (exact) mass is 374 g/mol. The van der Waals surface area contributed by atoms with Crippen LogP contribution in [0, 0.1) is 0 Å². The van der Waals surface area contributed by atoms with E-state index in [2.05, 4.69) is 0 Å². The van der Waals surface area contributed by atoms with E-state index in [4.69, 9.17) is 4.42 Å². The van der Waals surface area contributed by atoms with Gasteiger partial charge in [0, 0.05) is 18.8 Å². The highest BCUT2D eigenvalue weighted by Crippen LogP contribution is 2.38. The Labute approximate surface area is 163 Å². The minimum absolute atomic E-state index is 0.130. The van der Waals surface area contributed by atoms with Gasteiger partial charge in [0.1, 0.15) is 11.5 Å². The lowest BCUT2D eigenvalue weighted by Crippen LogP contribution is -2.20. The summed E-state index contributed by atoms with van der Waals surface area (Å²) in [6, 6.07) is 19.0. The molecule has 2 aromatic carbocycles. The van der Waals surface area contributed by atoms with Crippen molar-refractivity contribution in [3.05, 3.63) is 99.1 Å². The summed E-state index contributed by atoms with van der Waals surface area (Å²) in [6.45, 7) is 0. The zero-order chi connectivity index (χ0) is 19.5. The summed E-state index contributed by atoms with van der Waals surface area (Å²) in [5.41, 5.74) is 1.45. The van der Waals surface area contributed by atoms with Gasteiger partial charge in [0.25, 0.3) is 0 Å². The van der Waals surface area contributed by atoms with Crippen LogP contribution in [-0.2, 0) is 6.42 Å². The van der Waals surface area contributed by atoms with E-state index in [1.54, 1.807) is 0 Å². The van der Waals surface area contributed by atoms with Crippen molar-refractivity contribution in [3.8, 4) is 5.75 Å². The van der Waals surface area contributed by atoms with E-state index in [9.17, 15) is 14.7 Å². The van der Waals surface area contributed by atoms with Crippen molar-refractivity contribution in [3.63, 3.8) is 0 Å². The number of fused-ring (bicyclic) bond motifs is 1. The van der Waals surface area contributed by atoms with Gasteiger partial charge >= 0.3 is 5.63 Å². The molecule has 0 atom stereocenters. The fourth-order valence-corrected chi connectivity index (χ4v) is 3.99. The minimum Gasteiger partial charge on any atom is -0.506 e. The summed E-state index contributed by atoms with van der Waals surface area (Å²) >= 11 is 0. The van der Waals surface area contributed by atoms with Crippen LogP contribution in [0.4, 0.5) is 0 Å². The van der Waals surface area contributed by atoms with Crippen LogP contribution >= 0.6 is 0 Å². The van der Waals surface area contributed by atoms with Gasteiger partial charge in [-0.15, -0.1) is 0 Å². The number of ketones is 1. The zero-order valence-corrected chi connectivity index (χ0v) is 15.6. The summed E-state index contributed by atoms with van der Waals surface area (Å²) in [5, 5.41) is 11.1. The predicted molar refractivity (Wildman–Crippen MR) is 107 cm³/mol. The molecule has 4 rings (SSSR count). The molecule has 4 nitrogen and oxygen atoms in total. The highest BCUT2D eigenvalue weighted by molar-refractivity contribution is 6.00. The highest BCUT2D eigenvalue weighted by atomic mass is 16.4. The molecule has 0 amide bonds. The first-order valence-electron chi connectivity index (χ1n) is 9.68. The van der Waals surface area contributed by atoms with Crippen molar-refractivity contribution in [2.75, 3.05) is 0 Å². The maximum Gasteiger partial charge on any atom is 0.343 e. The number of Topliss-reactive ketones (excluding diaryl/α,β-unsaturated/α-hetero) is 1. The number of hydrogen-bond acceptors (Lipinski definition) is 4. The van der Waals surface area contributed by atoms with Gasteiger partial charge < -0.3 is 9.52 Å². The van der Waals surface area contributed by atoms with E-state index < -0.39 is 11.5 Å². The van der Waals surface area contributed by atoms with E-state index >= 15 is 0 Å². The van der Waals surface area contributed by atoms with E-state index in [1.165, 1.54) is 0 Å². The van der Waals surface area contributed by atoms with Crippen LogP contribution in [0.15, 0.2) is 69.9 Å². The Morgan fingerprint density at radius 3 is 1.96 bits per heavy atom. The normalized spacial score (nSPS) is 14.4. The van der Waals surface area contributed by atoms with Gasteiger partial charge in [-0.2, -0.15) is 0 Å². The molecule has 0 aliphatic heterocycles. The van der Waals surface area contributed by atoms with Crippen molar-refractivity contribution >= 4 is 5.78 Å². The summed E-state index contributed by atoms with van der Waals surface area (Å²) in [6.07, 6.45) is 3.38. The van der Waals surface area contributed by atoms with Crippen molar-refractivity contribution in [1.82, 2.24) is 0 Å². The van der Waals surface area contributed by atoms with Crippen LogP contribution in [0.2, 0.25) is 0 Å². The molecule has 1 N–H and O–H groups in total. The first kappa shape index (κ1) is 18.2. The van der Waals surface area contributed by atoms with E-state index in [0.29, 0.717) is 18.6 Å². The third-order valence-electron chi connectivity index (χ3n) is 5.35. The summed E-state index contributed by atoms with van der Waals surface area (Å²) < 4.78 is 5.61. The van der Waals surface area contributed by atoms with Crippen LogP contribution in [0.3, 0.4) is 0 Å². The van der Waals surface area contributed by atoms with Crippen LogP contribution in [0.1, 0.15) is 64.4 Å². The van der Waals surface area contributed by atoms with Gasteiger partial charge in [0.05, 0.1) is 11.1 Å². The van der Waals surface area contributed by atoms with E-state index in [1.807, 2.05) is 60.7 Å². The molecule has 0 bridgehead atoms. The van der Waals surface area contributed by atoms with Crippen LogP contribution in [-0.4, -0.2) is 10.9 Å². The summed E-state index contributed by atoms with van der Waals surface area (Å²) in [4.78, 5) is 25.7. The number of carbonyl (C=O) groups excluding carboxylic acids is 1. The second kappa shape index (κ2) is 7.85. The molecule has 3 aromatic rings. The molecule has 1 aromatic heterocycles. The number of hydrogen-bond donors (Lipinski definition) is 1. The fourth-order valence-electron chi connectivity index (χ4n) is 3.99. The van der Waals surface area contributed by atoms with Crippen molar-refractivity contribution in [2.24, 2.45) is 0 Å². The zero-order valence-electron chi connectivity index (χ0n) is 15.6. The third kappa shape index (κ3) is 3.38. The lowest BCUT2D eigenvalue weighted by molar-refractivity contribution is 0.0968. The molecule has 0 radical (unpaired) electrons. The molecule has 0 unspecified atom stereocenters. The molecule has 0 saturated carbocycles. The first-order valence-corrected chi connectivity index (χ1v) is 9.68. The Morgan fingerprint density at radius 1 is 0.786 bits per heavy atom. The van der Waals surface area contributed by atoms with Crippen molar-refractivity contribution < 1.29 is 14.3 Å². The Bertz CT molecular complexity index is 996. The number of carbonyl (C=O) groups is 1. The van der Waals surface area contributed by atoms with Crippen LogP contribution in [0.25, 0.3) is 0 Å².